The van der Waals surface area contributed by atoms with Crippen LogP contribution in [-0.4, -0.2) is 30.9 Å². The van der Waals surface area contributed by atoms with E-state index in [1.54, 1.807) is 4.90 Å². The van der Waals surface area contributed by atoms with Gasteiger partial charge in [-0.3, -0.25) is 4.79 Å². The van der Waals surface area contributed by atoms with E-state index in [-0.39, 0.29) is 11.3 Å². The second kappa shape index (κ2) is 4.45. The van der Waals surface area contributed by atoms with E-state index < -0.39 is 0 Å². The van der Waals surface area contributed by atoms with Gasteiger partial charge in [0, 0.05) is 19.0 Å². The van der Waals surface area contributed by atoms with E-state index in [0.29, 0.717) is 6.54 Å². The van der Waals surface area contributed by atoms with Crippen LogP contribution in [0.4, 0.5) is 0 Å². The molecule has 0 atom stereocenters. The van der Waals surface area contributed by atoms with Gasteiger partial charge < -0.3 is 10.6 Å². The summed E-state index contributed by atoms with van der Waals surface area (Å²) < 4.78 is 0. The molecule has 72 valence electrons. The Bertz CT molecular complexity index is 149. The maximum absolute atomic E-state index is 11.6. The molecule has 3 heteroatoms. The normalized spacial score (nSPS) is 11.4. The van der Waals surface area contributed by atoms with Crippen LogP contribution in [0.2, 0.25) is 0 Å². The van der Waals surface area contributed by atoms with Crippen LogP contribution in [0.1, 0.15) is 27.2 Å². The number of carbonyl (C=O) groups is 1. The van der Waals surface area contributed by atoms with Crippen LogP contribution in [-0.2, 0) is 4.79 Å². The molecule has 0 aliphatic heterocycles. The number of carbonyl (C=O) groups excluding carboxylic acids is 1. The molecule has 0 aromatic carbocycles. The van der Waals surface area contributed by atoms with Crippen molar-refractivity contribution in [1.29, 1.82) is 0 Å². The molecule has 0 radical (unpaired) electrons. The summed E-state index contributed by atoms with van der Waals surface area (Å²) in [4.78, 5) is 13.3. The lowest BCUT2D eigenvalue weighted by Gasteiger charge is -2.25. The quantitative estimate of drug-likeness (QED) is 0.685. The monoisotopic (exact) mass is 172 g/mol. The highest BCUT2D eigenvalue weighted by Gasteiger charge is 2.24. The first kappa shape index (κ1) is 11.4. The van der Waals surface area contributed by atoms with Gasteiger partial charge >= 0.3 is 0 Å². The molecule has 0 heterocycles. The molecule has 0 aromatic rings. The molecule has 0 aromatic heterocycles. The summed E-state index contributed by atoms with van der Waals surface area (Å²) in [6.07, 6.45) is 0.873. The van der Waals surface area contributed by atoms with Crippen LogP contribution in [0.3, 0.4) is 0 Å². The van der Waals surface area contributed by atoms with E-state index in [0.717, 1.165) is 13.0 Å². The first-order valence-electron chi connectivity index (χ1n) is 4.35. The van der Waals surface area contributed by atoms with E-state index >= 15 is 0 Å². The third-order valence-corrected chi connectivity index (χ3v) is 1.69. The van der Waals surface area contributed by atoms with Gasteiger partial charge in [-0.05, 0) is 13.0 Å². The number of nitrogens with zero attached hydrogens (tertiary/aromatic N) is 1. The Morgan fingerprint density at radius 1 is 1.42 bits per heavy atom. The van der Waals surface area contributed by atoms with Crippen molar-refractivity contribution < 1.29 is 4.79 Å². The Kier molecular flexibility index (Phi) is 4.24. The standard InChI is InChI=1S/C9H20N2O/c1-9(2,3)8(12)11(4)7-5-6-10/h5-7,10H2,1-4H3. The molecule has 0 aliphatic carbocycles. The second-order valence-electron chi connectivity index (χ2n) is 4.12. The van der Waals surface area contributed by atoms with Gasteiger partial charge in [0.05, 0.1) is 0 Å². The molecule has 0 spiro atoms. The molecule has 12 heavy (non-hydrogen) atoms. The summed E-state index contributed by atoms with van der Waals surface area (Å²) in [5.41, 5.74) is 5.07. The molecule has 0 bridgehead atoms. The molecule has 3 nitrogen and oxygen atoms in total. The lowest BCUT2D eigenvalue weighted by Crippen LogP contribution is -2.37. The van der Waals surface area contributed by atoms with Gasteiger partial charge in [0.15, 0.2) is 0 Å². The van der Waals surface area contributed by atoms with Crippen molar-refractivity contribution in [3.05, 3.63) is 0 Å². The van der Waals surface area contributed by atoms with Crippen molar-refractivity contribution in [3.8, 4) is 0 Å². The molecule has 0 rings (SSSR count). The number of rotatable bonds is 3. The van der Waals surface area contributed by atoms with Crippen LogP contribution in [0.5, 0.6) is 0 Å². The predicted molar refractivity (Wildman–Crippen MR) is 50.8 cm³/mol. The van der Waals surface area contributed by atoms with Crippen molar-refractivity contribution >= 4 is 5.91 Å². The minimum Gasteiger partial charge on any atom is -0.345 e. The van der Waals surface area contributed by atoms with E-state index in [2.05, 4.69) is 0 Å². The highest BCUT2D eigenvalue weighted by molar-refractivity contribution is 5.81. The van der Waals surface area contributed by atoms with Crippen LogP contribution < -0.4 is 5.73 Å². The van der Waals surface area contributed by atoms with Crippen LogP contribution in [0, 0.1) is 5.41 Å². The summed E-state index contributed by atoms with van der Waals surface area (Å²) in [5.74, 6) is 0.177. The molecule has 0 saturated carbocycles. The SMILES string of the molecule is CN(CCCN)C(=O)C(C)(C)C. The van der Waals surface area contributed by atoms with Gasteiger partial charge in [0.25, 0.3) is 0 Å². The van der Waals surface area contributed by atoms with E-state index in [1.807, 2.05) is 27.8 Å². The number of amides is 1. The van der Waals surface area contributed by atoms with Crippen molar-refractivity contribution in [2.24, 2.45) is 11.1 Å². The zero-order valence-electron chi connectivity index (χ0n) is 8.55. The summed E-state index contributed by atoms with van der Waals surface area (Å²) in [6, 6.07) is 0. The van der Waals surface area contributed by atoms with E-state index in [4.69, 9.17) is 5.73 Å². The Hall–Kier alpha value is -0.570. The Labute approximate surface area is 74.9 Å². The van der Waals surface area contributed by atoms with Crippen molar-refractivity contribution in [2.75, 3.05) is 20.1 Å². The van der Waals surface area contributed by atoms with Gasteiger partial charge in [-0.1, -0.05) is 20.8 Å². The van der Waals surface area contributed by atoms with E-state index in [1.165, 1.54) is 0 Å². The fraction of sp³-hybridized carbons (Fsp3) is 0.889. The largest absolute Gasteiger partial charge is 0.345 e. The summed E-state index contributed by atoms with van der Waals surface area (Å²) in [6.45, 7) is 7.17. The molecular weight excluding hydrogens is 152 g/mol. The molecule has 1 amide bonds. The van der Waals surface area contributed by atoms with Crippen LogP contribution in [0.15, 0.2) is 0 Å². The molecule has 0 aliphatic rings. The first-order chi connectivity index (χ1) is 5.39. The number of nitrogens with two attached hydrogens (primary N) is 1. The van der Waals surface area contributed by atoms with Crippen molar-refractivity contribution in [1.82, 2.24) is 4.90 Å². The summed E-state index contributed by atoms with van der Waals surface area (Å²) >= 11 is 0. The van der Waals surface area contributed by atoms with Gasteiger partial charge in [-0.2, -0.15) is 0 Å². The second-order valence-corrected chi connectivity index (χ2v) is 4.12. The smallest absolute Gasteiger partial charge is 0.227 e. The van der Waals surface area contributed by atoms with Gasteiger partial charge in [0.2, 0.25) is 5.91 Å². The van der Waals surface area contributed by atoms with Gasteiger partial charge in [-0.15, -0.1) is 0 Å². The number of hydrogen-bond donors (Lipinski definition) is 1. The lowest BCUT2D eigenvalue weighted by molar-refractivity contribution is -0.138. The van der Waals surface area contributed by atoms with Crippen LogP contribution >= 0.6 is 0 Å². The average Bonchev–Trinajstić information content (AvgIpc) is 1.97. The van der Waals surface area contributed by atoms with Crippen molar-refractivity contribution in [2.45, 2.75) is 27.2 Å². The zero-order chi connectivity index (χ0) is 9.78. The van der Waals surface area contributed by atoms with E-state index in [9.17, 15) is 4.79 Å². The first-order valence-corrected chi connectivity index (χ1v) is 4.35. The molecule has 0 saturated heterocycles. The van der Waals surface area contributed by atoms with Gasteiger partial charge in [0.1, 0.15) is 0 Å². The summed E-state index contributed by atoms with van der Waals surface area (Å²) in [5, 5.41) is 0. The fourth-order valence-corrected chi connectivity index (χ4v) is 1.00. The van der Waals surface area contributed by atoms with Gasteiger partial charge in [-0.25, -0.2) is 0 Å². The Morgan fingerprint density at radius 3 is 2.25 bits per heavy atom. The minimum atomic E-state index is -0.274. The Morgan fingerprint density at radius 2 is 1.92 bits per heavy atom. The highest BCUT2D eigenvalue weighted by Crippen LogP contribution is 2.16. The molecule has 2 N–H and O–H groups in total. The maximum atomic E-state index is 11.6. The molecular formula is C9H20N2O. The summed E-state index contributed by atoms with van der Waals surface area (Å²) in [7, 11) is 1.82. The lowest BCUT2D eigenvalue weighted by atomic mass is 9.95. The zero-order valence-corrected chi connectivity index (χ0v) is 8.55. The maximum Gasteiger partial charge on any atom is 0.227 e. The average molecular weight is 172 g/mol. The minimum absolute atomic E-state index is 0.177. The fourth-order valence-electron chi connectivity index (χ4n) is 1.00. The highest BCUT2D eigenvalue weighted by atomic mass is 16.2. The third-order valence-electron chi connectivity index (χ3n) is 1.69. The van der Waals surface area contributed by atoms with Crippen molar-refractivity contribution in [3.63, 3.8) is 0 Å². The Balaban J connectivity index is 3.94. The van der Waals surface area contributed by atoms with Crippen LogP contribution in [0.25, 0.3) is 0 Å². The molecule has 0 unspecified atom stereocenters. The predicted octanol–water partition coefficient (Wildman–Crippen LogP) is 0.840. The third kappa shape index (κ3) is 3.72. The topological polar surface area (TPSA) is 46.3 Å². The molecule has 0 fully saturated rings. The number of hydrogen-bond acceptors (Lipinski definition) is 2.